The van der Waals surface area contributed by atoms with Gasteiger partial charge in [-0.15, -0.1) is 0 Å². The molecular weight excluding hydrogens is 455 g/mol. The number of urea groups is 1. The summed E-state index contributed by atoms with van der Waals surface area (Å²) in [6, 6.07) is 20.3. The Morgan fingerprint density at radius 3 is 2.34 bits per heavy atom. The molecule has 0 saturated heterocycles. The predicted molar refractivity (Wildman–Crippen MR) is 129 cm³/mol. The molecule has 35 heavy (non-hydrogen) atoms. The Morgan fingerprint density at radius 1 is 0.829 bits per heavy atom. The fourth-order valence-electron chi connectivity index (χ4n) is 4.49. The van der Waals surface area contributed by atoms with Gasteiger partial charge in [-0.3, -0.25) is 4.79 Å². The molecule has 0 aromatic heterocycles. The number of nitrogens with one attached hydrogen (secondary N) is 3. The number of anilines is 2. The minimum Gasteiger partial charge on any atom is -0.349 e. The molecule has 0 aliphatic heterocycles. The number of carbonyl (C=O) groups is 2. The summed E-state index contributed by atoms with van der Waals surface area (Å²) in [5.41, 5.74) is 1.36. The molecule has 0 spiro atoms. The van der Waals surface area contributed by atoms with Gasteiger partial charge in [-0.05, 0) is 67.1 Å². The van der Waals surface area contributed by atoms with Crippen molar-refractivity contribution in [1.82, 2.24) is 5.32 Å². The summed E-state index contributed by atoms with van der Waals surface area (Å²) in [5.74, 6) is 0.0120. The normalized spacial score (nSPS) is 17.9. The molecule has 3 amide bonds. The molecule has 0 bridgehead atoms. The van der Waals surface area contributed by atoms with Crippen LogP contribution in [0, 0.1) is 0 Å². The molecule has 8 heteroatoms. The van der Waals surface area contributed by atoms with Crippen LogP contribution < -0.4 is 16.0 Å². The lowest BCUT2D eigenvalue weighted by Gasteiger charge is -2.31. The van der Waals surface area contributed by atoms with Crippen LogP contribution in [0.5, 0.6) is 0 Å². The summed E-state index contributed by atoms with van der Waals surface area (Å²) in [5, 5.41) is 8.37. The van der Waals surface area contributed by atoms with Crippen LogP contribution in [0.4, 0.5) is 29.3 Å². The van der Waals surface area contributed by atoms with Gasteiger partial charge in [0.25, 0.3) is 5.91 Å². The Hall–Kier alpha value is -3.81. The highest BCUT2D eigenvalue weighted by atomic mass is 19.4. The monoisotopic (exact) mass is 481 g/mol. The molecule has 1 aliphatic rings. The summed E-state index contributed by atoms with van der Waals surface area (Å²) in [6.07, 6.45) is -1.05. The van der Waals surface area contributed by atoms with Crippen LogP contribution in [0.2, 0.25) is 0 Å². The first kappa shape index (κ1) is 24.3. The van der Waals surface area contributed by atoms with E-state index in [0.717, 1.165) is 43.4 Å². The van der Waals surface area contributed by atoms with Gasteiger partial charge >= 0.3 is 12.2 Å². The van der Waals surface area contributed by atoms with Gasteiger partial charge in [0, 0.05) is 23.0 Å². The zero-order valence-corrected chi connectivity index (χ0v) is 18.9. The Morgan fingerprint density at radius 2 is 1.57 bits per heavy atom. The van der Waals surface area contributed by atoms with Crippen molar-refractivity contribution in [1.29, 1.82) is 0 Å². The number of amides is 3. The van der Waals surface area contributed by atoms with Crippen molar-refractivity contribution in [3.63, 3.8) is 0 Å². The second-order valence-corrected chi connectivity index (χ2v) is 8.64. The number of hydrogen-bond acceptors (Lipinski definition) is 2. The molecule has 2 unspecified atom stereocenters. The van der Waals surface area contributed by atoms with Gasteiger partial charge in [0.05, 0.1) is 5.56 Å². The number of benzene rings is 3. The highest BCUT2D eigenvalue weighted by Gasteiger charge is 2.30. The quantitative estimate of drug-likeness (QED) is 0.375. The molecule has 3 aromatic carbocycles. The molecule has 1 saturated carbocycles. The number of para-hydroxylation sites is 1. The second-order valence-electron chi connectivity index (χ2n) is 8.64. The minimum atomic E-state index is -4.49. The van der Waals surface area contributed by atoms with Crippen LogP contribution in [0.3, 0.4) is 0 Å². The van der Waals surface area contributed by atoms with Crippen molar-refractivity contribution in [2.75, 3.05) is 10.6 Å². The van der Waals surface area contributed by atoms with Gasteiger partial charge in [-0.2, -0.15) is 13.2 Å². The molecule has 0 heterocycles. The molecule has 3 aromatic rings. The molecule has 182 valence electrons. The van der Waals surface area contributed by atoms with Crippen molar-refractivity contribution in [3.05, 3.63) is 95.6 Å². The zero-order chi connectivity index (χ0) is 24.8. The summed E-state index contributed by atoms with van der Waals surface area (Å²) in [6.45, 7) is 0. The summed E-state index contributed by atoms with van der Waals surface area (Å²) in [4.78, 5) is 25.2. The molecule has 4 rings (SSSR count). The van der Waals surface area contributed by atoms with Crippen LogP contribution in [0.25, 0.3) is 0 Å². The molecule has 2 atom stereocenters. The maximum Gasteiger partial charge on any atom is 0.416 e. The molecule has 1 fully saturated rings. The Labute approximate surface area is 201 Å². The first-order chi connectivity index (χ1) is 16.8. The van der Waals surface area contributed by atoms with Gasteiger partial charge in [0.15, 0.2) is 0 Å². The first-order valence-corrected chi connectivity index (χ1v) is 11.5. The Kier molecular flexibility index (Phi) is 7.39. The molecule has 0 radical (unpaired) electrons. The topological polar surface area (TPSA) is 70.2 Å². The van der Waals surface area contributed by atoms with E-state index in [-0.39, 0.29) is 23.6 Å². The van der Waals surface area contributed by atoms with Crippen molar-refractivity contribution in [3.8, 4) is 0 Å². The predicted octanol–water partition coefficient (Wildman–Crippen LogP) is 6.81. The van der Waals surface area contributed by atoms with Gasteiger partial charge in [0.2, 0.25) is 0 Å². The van der Waals surface area contributed by atoms with E-state index < -0.39 is 17.8 Å². The van der Waals surface area contributed by atoms with Crippen LogP contribution in [0.1, 0.15) is 53.1 Å². The van der Waals surface area contributed by atoms with E-state index in [0.29, 0.717) is 11.3 Å². The van der Waals surface area contributed by atoms with Crippen LogP contribution in [0.15, 0.2) is 78.9 Å². The van der Waals surface area contributed by atoms with E-state index in [1.54, 1.807) is 24.3 Å². The summed E-state index contributed by atoms with van der Waals surface area (Å²) in [7, 11) is 0. The number of halogens is 3. The highest BCUT2D eigenvalue weighted by Crippen LogP contribution is 2.37. The van der Waals surface area contributed by atoms with Crippen molar-refractivity contribution in [2.24, 2.45) is 0 Å². The van der Waals surface area contributed by atoms with Crippen LogP contribution >= 0.6 is 0 Å². The largest absolute Gasteiger partial charge is 0.416 e. The lowest BCUT2D eigenvalue weighted by molar-refractivity contribution is -0.137. The van der Waals surface area contributed by atoms with Crippen LogP contribution in [-0.2, 0) is 6.18 Å². The van der Waals surface area contributed by atoms with Gasteiger partial charge in [-0.25, -0.2) is 4.79 Å². The second kappa shape index (κ2) is 10.6. The van der Waals surface area contributed by atoms with E-state index in [4.69, 9.17) is 0 Å². The third-order valence-electron chi connectivity index (χ3n) is 6.14. The summed E-state index contributed by atoms with van der Waals surface area (Å²) < 4.78 is 38.9. The fourth-order valence-corrected chi connectivity index (χ4v) is 4.49. The molecule has 1 aliphatic carbocycles. The third kappa shape index (κ3) is 6.41. The maximum atomic E-state index is 13.0. The van der Waals surface area contributed by atoms with E-state index in [2.05, 4.69) is 16.0 Å². The Balaban J connectivity index is 1.42. The molecular formula is C27H26F3N3O2. The van der Waals surface area contributed by atoms with Crippen molar-refractivity contribution < 1.29 is 22.8 Å². The van der Waals surface area contributed by atoms with Gasteiger partial charge in [-0.1, -0.05) is 48.9 Å². The number of carbonyl (C=O) groups excluding carboxylic acids is 2. The Bertz CT molecular complexity index is 1180. The van der Waals surface area contributed by atoms with Gasteiger partial charge < -0.3 is 16.0 Å². The number of hydrogen-bond donors (Lipinski definition) is 3. The van der Waals surface area contributed by atoms with Crippen molar-refractivity contribution >= 4 is 23.3 Å². The molecule has 5 nitrogen and oxygen atoms in total. The number of rotatable bonds is 5. The average molecular weight is 482 g/mol. The number of alkyl halides is 3. The minimum absolute atomic E-state index is 0.00782. The smallest absolute Gasteiger partial charge is 0.349 e. The van der Waals surface area contributed by atoms with E-state index >= 15 is 0 Å². The SMILES string of the molecule is O=C(Nc1cccc(C(F)(F)F)c1)Nc1ccccc1C1CCCC(NC(=O)c2ccccc2)C1. The lowest BCUT2D eigenvalue weighted by atomic mass is 9.80. The highest BCUT2D eigenvalue weighted by molar-refractivity contribution is 6.00. The van der Waals surface area contributed by atoms with E-state index in [9.17, 15) is 22.8 Å². The average Bonchev–Trinajstić information content (AvgIpc) is 2.85. The van der Waals surface area contributed by atoms with Gasteiger partial charge in [0.1, 0.15) is 0 Å². The zero-order valence-electron chi connectivity index (χ0n) is 18.9. The maximum absolute atomic E-state index is 13.0. The fraction of sp³-hybridized carbons (Fsp3) is 0.259. The first-order valence-electron chi connectivity index (χ1n) is 11.5. The lowest BCUT2D eigenvalue weighted by Crippen LogP contribution is -2.38. The molecule has 3 N–H and O–H groups in total. The summed E-state index contributed by atoms with van der Waals surface area (Å²) >= 11 is 0. The van der Waals surface area contributed by atoms with E-state index in [1.165, 1.54) is 12.1 Å². The van der Waals surface area contributed by atoms with Crippen molar-refractivity contribution in [2.45, 2.75) is 43.8 Å². The van der Waals surface area contributed by atoms with Crippen LogP contribution in [-0.4, -0.2) is 18.0 Å². The third-order valence-corrected chi connectivity index (χ3v) is 6.14. The van der Waals surface area contributed by atoms with E-state index in [1.807, 2.05) is 30.3 Å². The standard InChI is InChI=1S/C27H26F3N3O2/c28-27(29,30)20-11-7-13-22(17-20)32-26(35)33-24-15-5-4-14-23(24)19-10-6-12-21(16-19)31-25(34)18-8-2-1-3-9-18/h1-5,7-9,11,13-15,17,19,21H,6,10,12,16H2,(H,31,34)(H2,32,33,35).